The number of fused-ring (bicyclic) bond motifs is 1. The van der Waals surface area contributed by atoms with Gasteiger partial charge in [-0.15, -0.1) is 5.10 Å². The molecule has 1 N–H and O–H groups in total. The highest BCUT2D eigenvalue weighted by atomic mass is 127. The SMILES string of the molecule is O=S(=O)(Nc1c(Cl)cccc1I)c1nc2ncccn2n1. The van der Waals surface area contributed by atoms with Crippen molar-refractivity contribution in [1.29, 1.82) is 0 Å². The molecule has 0 saturated heterocycles. The number of anilines is 1. The summed E-state index contributed by atoms with van der Waals surface area (Å²) in [5, 5.41) is 3.82. The normalized spacial score (nSPS) is 11.7. The lowest BCUT2D eigenvalue weighted by Crippen LogP contribution is -2.16. The van der Waals surface area contributed by atoms with E-state index in [2.05, 4.69) is 19.8 Å². The summed E-state index contributed by atoms with van der Waals surface area (Å²) in [5.74, 6) is 0.201. The Morgan fingerprint density at radius 2 is 2.10 bits per heavy atom. The van der Waals surface area contributed by atoms with Crippen LogP contribution < -0.4 is 4.72 Å². The van der Waals surface area contributed by atoms with Gasteiger partial charge in [-0.1, -0.05) is 17.7 Å². The second kappa shape index (κ2) is 5.39. The van der Waals surface area contributed by atoms with Crippen LogP contribution >= 0.6 is 34.2 Å². The molecule has 0 aliphatic rings. The number of para-hydroxylation sites is 1. The van der Waals surface area contributed by atoms with E-state index in [1.165, 1.54) is 10.7 Å². The summed E-state index contributed by atoms with van der Waals surface area (Å²) < 4.78 is 29.0. The molecule has 1 aromatic carbocycles. The van der Waals surface area contributed by atoms with Crippen molar-refractivity contribution in [3.8, 4) is 0 Å². The summed E-state index contributed by atoms with van der Waals surface area (Å²) in [5.41, 5.74) is 0.298. The van der Waals surface area contributed by atoms with Gasteiger partial charge in [0.2, 0.25) is 0 Å². The molecule has 0 bridgehead atoms. The molecule has 0 radical (unpaired) electrons. The zero-order valence-electron chi connectivity index (χ0n) is 10.2. The van der Waals surface area contributed by atoms with Crippen LogP contribution in [0, 0.1) is 3.57 Å². The van der Waals surface area contributed by atoms with Crippen LogP contribution in [-0.2, 0) is 10.0 Å². The lowest BCUT2D eigenvalue weighted by atomic mass is 10.3. The van der Waals surface area contributed by atoms with E-state index < -0.39 is 10.0 Å². The third-order valence-corrected chi connectivity index (χ3v) is 4.88. The Morgan fingerprint density at radius 1 is 1.29 bits per heavy atom. The summed E-state index contributed by atoms with van der Waals surface area (Å²) >= 11 is 8.00. The number of rotatable bonds is 3. The summed E-state index contributed by atoms with van der Waals surface area (Å²) in [6.45, 7) is 0. The second-order valence-corrected chi connectivity index (χ2v) is 7.11. The Bertz CT molecular complexity index is 874. The predicted molar refractivity (Wildman–Crippen MR) is 85.8 cm³/mol. The first-order chi connectivity index (χ1) is 9.97. The van der Waals surface area contributed by atoms with Gasteiger partial charge in [0.25, 0.3) is 21.0 Å². The van der Waals surface area contributed by atoms with Gasteiger partial charge in [-0.2, -0.15) is 13.4 Å². The Balaban J connectivity index is 2.04. The van der Waals surface area contributed by atoms with Crippen molar-refractivity contribution in [2.75, 3.05) is 4.72 Å². The smallest absolute Gasteiger partial charge is 0.274 e. The van der Waals surface area contributed by atoms with Crippen molar-refractivity contribution in [2.45, 2.75) is 5.16 Å². The second-order valence-electron chi connectivity index (χ2n) is 3.96. The molecule has 0 amide bonds. The predicted octanol–water partition coefficient (Wildman–Crippen LogP) is 2.18. The molecule has 10 heteroatoms. The number of hydrogen-bond donors (Lipinski definition) is 1. The van der Waals surface area contributed by atoms with Crippen molar-refractivity contribution in [3.05, 3.63) is 45.3 Å². The quantitative estimate of drug-likeness (QED) is 0.637. The minimum absolute atomic E-state index is 0.201. The molecule has 0 spiro atoms. The average molecular weight is 436 g/mol. The molecule has 21 heavy (non-hydrogen) atoms. The number of hydrogen-bond acceptors (Lipinski definition) is 5. The van der Waals surface area contributed by atoms with Crippen LogP contribution in [0.4, 0.5) is 5.69 Å². The maximum absolute atomic E-state index is 12.3. The van der Waals surface area contributed by atoms with Crippen LogP contribution in [0.3, 0.4) is 0 Å². The Kier molecular flexibility index (Phi) is 3.71. The Morgan fingerprint density at radius 3 is 2.81 bits per heavy atom. The fourth-order valence-electron chi connectivity index (χ4n) is 1.60. The number of nitrogens with zero attached hydrogens (tertiary/aromatic N) is 4. The monoisotopic (exact) mass is 435 g/mol. The van der Waals surface area contributed by atoms with Gasteiger partial charge in [-0.25, -0.2) is 9.50 Å². The zero-order valence-corrected chi connectivity index (χ0v) is 14.0. The van der Waals surface area contributed by atoms with Gasteiger partial charge in [0.05, 0.1) is 10.7 Å². The van der Waals surface area contributed by atoms with E-state index in [1.54, 1.807) is 30.5 Å². The molecular weight excluding hydrogens is 429 g/mol. The summed E-state index contributed by atoms with van der Waals surface area (Å²) in [4.78, 5) is 7.81. The molecular formula is C11H7ClIN5O2S. The van der Waals surface area contributed by atoms with Crippen LogP contribution in [0.25, 0.3) is 5.78 Å². The van der Waals surface area contributed by atoms with Gasteiger partial charge in [0.15, 0.2) is 0 Å². The third-order valence-electron chi connectivity index (χ3n) is 2.54. The summed E-state index contributed by atoms with van der Waals surface area (Å²) in [6, 6.07) is 6.70. The summed E-state index contributed by atoms with van der Waals surface area (Å²) in [6.07, 6.45) is 3.07. The zero-order chi connectivity index (χ0) is 15.0. The van der Waals surface area contributed by atoms with Crippen molar-refractivity contribution in [1.82, 2.24) is 19.6 Å². The number of aromatic nitrogens is 4. The largest absolute Gasteiger partial charge is 0.299 e. The lowest BCUT2D eigenvalue weighted by molar-refractivity contribution is 0.592. The molecule has 3 aromatic rings. The molecule has 108 valence electrons. The minimum atomic E-state index is -3.94. The van der Waals surface area contributed by atoms with E-state index in [9.17, 15) is 8.42 Å². The van der Waals surface area contributed by atoms with E-state index in [4.69, 9.17) is 11.6 Å². The van der Waals surface area contributed by atoms with Crippen molar-refractivity contribution in [3.63, 3.8) is 0 Å². The topological polar surface area (TPSA) is 89.2 Å². The van der Waals surface area contributed by atoms with E-state index in [1.807, 2.05) is 22.6 Å². The molecule has 3 rings (SSSR count). The first kappa shape index (κ1) is 14.5. The average Bonchev–Trinajstić information content (AvgIpc) is 2.88. The van der Waals surface area contributed by atoms with Gasteiger partial charge in [0.1, 0.15) is 0 Å². The molecule has 0 atom stereocenters. The highest BCUT2D eigenvalue weighted by Crippen LogP contribution is 2.28. The van der Waals surface area contributed by atoms with Crippen molar-refractivity contribution in [2.24, 2.45) is 0 Å². The standard InChI is InChI=1S/C11H7ClIN5O2S/c12-7-3-1-4-8(13)9(7)17-21(19,20)11-15-10-14-5-2-6-18(10)16-11/h1-6,17H. The van der Waals surface area contributed by atoms with Crippen molar-refractivity contribution >= 4 is 55.7 Å². The van der Waals surface area contributed by atoms with Crippen LogP contribution in [0.15, 0.2) is 41.8 Å². The molecule has 0 aliphatic carbocycles. The van der Waals surface area contributed by atoms with E-state index in [0.29, 0.717) is 14.3 Å². The van der Waals surface area contributed by atoms with Gasteiger partial charge >= 0.3 is 0 Å². The van der Waals surface area contributed by atoms with Crippen LogP contribution in [0.5, 0.6) is 0 Å². The van der Waals surface area contributed by atoms with Gasteiger partial charge in [0, 0.05) is 16.0 Å². The highest BCUT2D eigenvalue weighted by Gasteiger charge is 2.23. The molecule has 0 aliphatic heterocycles. The molecule has 0 unspecified atom stereocenters. The molecule has 0 saturated carbocycles. The number of halogens is 2. The van der Waals surface area contributed by atoms with E-state index in [-0.39, 0.29) is 10.9 Å². The Hall–Kier alpha value is -1.46. The number of benzene rings is 1. The van der Waals surface area contributed by atoms with Crippen LogP contribution in [0.1, 0.15) is 0 Å². The van der Waals surface area contributed by atoms with E-state index in [0.717, 1.165) is 0 Å². The summed E-state index contributed by atoms with van der Waals surface area (Å²) in [7, 11) is -3.94. The molecule has 7 nitrogen and oxygen atoms in total. The van der Waals surface area contributed by atoms with Crippen LogP contribution in [-0.4, -0.2) is 28.0 Å². The number of nitrogens with one attached hydrogen (secondary N) is 1. The maximum Gasteiger partial charge on any atom is 0.299 e. The molecule has 2 heterocycles. The molecule has 2 aromatic heterocycles. The fraction of sp³-hybridized carbons (Fsp3) is 0. The van der Waals surface area contributed by atoms with Crippen molar-refractivity contribution < 1.29 is 8.42 Å². The Labute approximate surface area is 138 Å². The number of sulfonamides is 1. The van der Waals surface area contributed by atoms with E-state index >= 15 is 0 Å². The fourth-order valence-corrected chi connectivity index (χ4v) is 3.83. The highest BCUT2D eigenvalue weighted by molar-refractivity contribution is 14.1. The maximum atomic E-state index is 12.3. The van der Waals surface area contributed by atoms with Crippen LogP contribution in [0.2, 0.25) is 5.02 Å². The van der Waals surface area contributed by atoms with Gasteiger partial charge in [-0.05, 0) is 40.8 Å². The third kappa shape index (κ3) is 2.80. The first-order valence-electron chi connectivity index (χ1n) is 5.61. The first-order valence-corrected chi connectivity index (χ1v) is 8.55. The molecule has 0 fully saturated rings. The van der Waals surface area contributed by atoms with Gasteiger partial charge < -0.3 is 0 Å². The lowest BCUT2D eigenvalue weighted by Gasteiger charge is -2.08. The minimum Gasteiger partial charge on any atom is -0.274 e. The van der Waals surface area contributed by atoms with Gasteiger partial charge in [-0.3, -0.25) is 4.72 Å².